The lowest BCUT2D eigenvalue weighted by atomic mass is 10.0. The van der Waals surface area contributed by atoms with Crippen molar-refractivity contribution < 1.29 is 38.6 Å². The number of carbonyl (C=O) groups excluding carboxylic acids is 3. The number of hydroxylamine groups is 1. The van der Waals surface area contributed by atoms with Crippen molar-refractivity contribution in [1.29, 1.82) is 0 Å². The quantitative estimate of drug-likeness (QED) is 0.132. The number of esters is 2. The van der Waals surface area contributed by atoms with Crippen molar-refractivity contribution in [1.82, 2.24) is 5.48 Å². The Morgan fingerprint density at radius 2 is 1.28 bits per heavy atom. The fourth-order valence-corrected chi connectivity index (χ4v) is 3.22. The monoisotopic (exact) mass is 509 g/mol. The van der Waals surface area contributed by atoms with Crippen molar-refractivity contribution in [2.75, 3.05) is 13.2 Å². The van der Waals surface area contributed by atoms with E-state index in [-0.39, 0.29) is 19.8 Å². The van der Waals surface area contributed by atoms with Crippen molar-refractivity contribution in [3.63, 3.8) is 0 Å². The number of unbranched alkanes of at least 4 members (excludes halogenated alkanes) is 4. The number of aliphatic carboxylic acids is 1. The van der Waals surface area contributed by atoms with E-state index >= 15 is 0 Å². The topological polar surface area (TPSA) is 128 Å². The Hall–Kier alpha value is -2.94. The number of nitrogens with one attached hydrogen (secondary N) is 1. The predicted molar refractivity (Wildman–Crippen MR) is 136 cm³/mol. The molecule has 204 valence electrons. The third kappa shape index (κ3) is 15.1. The van der Waals surface area contributed by atoms with Crippen molar-refractivity contribution in [2.45, 2.75) is 85.7 Å². The highest BCUT2D eigenvalue weighted by molar-refractivity contribution is 5.97. The fraction of sp³-hybridized carbons (Fsp3) is 0.630. The standard InChI is InChI=1S/C17H25NO4.C10H18O4/c1-3-5-7-12-15(17(20)21-4-2)16(19)18-22-13-14-10-8-6-9-11-14;1-3-5-6-7-8(9(11)12)10(13)14-4-2/h6,8-11,15H,3-5,7,12-13H2,1-2H3,(H,18,19);8H,3-7H2,1-2H3,(H,11,12). The maximum atomic E-state index is 12.1. The fourth-order valence-electron chi connectivity index (χ4n) is 3.22. The summed E-state index contributed by atoms with van der Waals surface area (Å²) < 4.78 is 9.64. The van der Waals surface area contributed by atoms with E-state index in [0.717, 1.165) is 44.1 Å². The number of amides is 1. The number of carboxylic acids is 1. The van der Waals surface area contributed by atoms with Gasteiger partial charge in [0.25, 0.3) is 5.91 Å². The molecule has 9 heteroatoms. The largest absolute Gasteiger partial charge is 0.481 e. The molecular weight excluding hydrogens is 466 g/mol. The van der Waals surface area contributed by atoms with E-state index in [1.54, 1.807) is 13.8 Å². The summed E-state index contributed by atoms with van der Waals surface area (Å²) >= 11 is 0. The van der Waals surface area contributed by atoms with Gasteiger partial charge in [-0.3, -0.25) is 24.0 Å². The van der Waals surface area contributed by atoms with Crippen LogP contribution >= 0.6 is 0 Å². The smallest absolute Gasteiger partial charge is 0.320 e. The van der Waals surface area contributed by atoms with Gasteiger partial charge in [0.1, 0.15) is 5.92 Å². The van der Waals surface area contributed by atoms with E-state index in [1.165, 1.54) is 0 Å². The molecule has 0 aliphatic heterocycles. The second-order valence-corrected chi connectivity index (χ2v) is 8.18. The first-order chi connectivity index (χ1) is 17.3. The van der Waals surface area contributed by atoms with Gasteiger partial charge in [-0.05, 0) is 32.3 Å². The molecule has 0 radical (unpaired) electrons. The van der Waals surface area contributed by atoms with Crippen LogP contribution in [0.15, 0.2) is 30.3 Å². The summed E-state index contributed by atoms with van der Waals surface area (Å²) in [6.07, 6.45) is 6.39. The summed E-state index contributed by atoms with van der Waals surface area (Å²) in [5.41, 5.74) is 3.30. The number of carbonyl (C=O) groups is 4. The molecular formula is C27H43NO8. The van der Waals surface area contributed by atoms with Gasteiger partial charge in [-0.25, -0.2) is 5.48 Å². The first-order valence-corrected chi connectivity index (χ1v) is 12.8. The highest BCUT2D eigenvalue weighted by atomic mass is 16.7. The van der Waals surface area contributed by atoms with Gasteiger partial charge in [-0.2, -0.15) is 0 Å². The first kappa shape index (κ1) is 33.1. The molecule has 0 bridgehead atoms. The average molecular weight is 510 g/mol. The van der Waals surface area contributed by atoms with Gasteiger partial charge in [0.2, 0.25) is 0 Å². The molecule has 0 aromatic heterocycles. The van der Waals surface area contributed by atoms with Gasteiger partial charge >= 0.3 is 17.9 Å². The molecule has 0 spiro atoms. The maximum Gasteiger partial charge on any atom is 0.320 e. The van der Waals surface area contributed by atoms with E-state index in [4.69, 9.17) is 14.7 Å². The lowest BCUT2D eigenvalue weighted by Crippen LogP contribution is -2.36. The van der Waals surface area contributed by atoms with Crippen LogP contribution in [0.5, 0.6) is 0 Å². The van der Waals surface area contributed by atoms with E-state index in [2.05, 4.69) is 17.1 Å². The molecule has 2 atom stereocenters. The number of hydrogen-bond donors (Lipinski definition) is 2. The first-order valence-electron chi connectivity index (χ1n) is 12.8. The Bertz CT molecular complexity index is 753. The molecule has 0 heterocycles. The molecule has 0 fully saturated rings. The van der Waals surface area contributed by atoms with Crippen LogP contribution < -0.4 is 5.48 Å². The molecule has 1 aromatic rings. The van der Waals surface area contributed by atoms with Crippen LogP contribution in [-0.4, -0.2) is 42.1 Å². The van der Waals surface area contributed by atoms with E-state index < -0.39 is 35.7 Å². The van der Waals surface area contributed by atoms with Crippen LogP contribution in [0.25, 0.3) is 0 Å². The number of rotatable bonds is 17. The Labute approximate surface area is 214 Å². The highest BCUT2D eigenvalue weighted by Gasteiger charge is 2.28. The minimum Gasteiger partial charge on any atom is -0.481 e. The zero-order chi connectivity index (χ0) is 27.2. The normalized spacial score (nSPS) is 11.9. The Balaban J connectivity index is 0.000000757. The summed E-state index contributed by atoms with van der Waals surface area (Å²) in [7, 11) is 0. The molecule has 2 N–H and O–H groups in total. The SMILES string of the molecule is CCCCCC(C(=O)NOCc1ccccc1)C(=O)OCC.CCCCCC(C(=O)O)C(=O)OCC. The summed E-state index contributed by atoms with van der Waals surface area (Å²) in [4.78, 5) is 51.1. The van der Waals surface area contributed by atoms with Crippen molar-refractivity contribution in [3.8, 4) is 0 Å². The van der Waals surface area contributed by atoms with E-state index in [0.29, 0.717) is 12.8 Å². The van der Waals surface area contributed by atoms with E-state index in [9.17, 15) is 19.2 Å². The third-order valence-corrected chi connectivity index (χ3v) is 5.20. The van der Waals surface area contributed by atoms with Crippen LogP contribution in [-0.2, 0) is 40.1 Å². The highest BCUT2D eigenvalue weighted by Crippen LogP contribution is 2.13. The van der Waals surface area contributed by atoms with Crippen LogP contribution in [0.4, 0.5) is 0 Å². The van der Waals surface area contributed by atoms with Crippen LogP contribution in [0.3, 0.4) is 0 Å². The number of hydrogen-bond acceptors (Lipinski definition) is 7. The number of carboxylic acid groups (broad SMARTS) is 1. The van der Waals surface area contributed by atoms with Gasteiger partial charge in [-0.15, -0.1) is 0 Å². The van der Waals surface area contributed by atoms with Crippen LogP contribution in [0.1, 0.15) is 84.6 Å². The molecule has 36 heavy (non-hydrogen) atoms. The minimum atomic E-state index is -1.08. The molecule has 1 amide bonds. The Morgan fingerprint density at radius 1 is 0.778 bits per heavy atom. The molecule has 2 unspecified atom stereocenters. The molecule has 1 aromatic carbocycles. The molecule has 0 saturated carbocycles. The lowest BCUT2D eigenvalue weighted by molar-refractivity contribution is -0.159. The second kappa shape index (κ2) is 21.4. The van der Waals surface area contributed by atoms with E-state index in [1.807, 2.05) is 37.3 Å². The average Bonchev–Trinajstić information content (AvgIpc) is 2.85. The van der Waals surface area contributed by atoms with Gasteiger partial charge in [0.05, 0.1) is 19.8 Å². The number of benzene rings is 1. The van der Waals surface area contributed by atoms with Crippen molar-refractivity contribution in [2.24, 2.45) is 11.8 Å². The van der Waals surface area contributed by atoms with Crippen molar-refractivity contribution >= 4 is 23.8 Å². The van der Waals surface area contributed by atoms with Gasteiger partial charge in [-0.1, -0.05) is 82.7 Å². The zero-order valence-electron chi connectivity index (χ0n) is 22.1. The molecule has 0 aliphatic carbocycles. The Kier molecular flexibility index (Phi) is 19.6. The lowest BCUT2D eigenvalue weighted by Gasteiger charge is -2.15. The third-order valence-electron chi connectivity index (χ3n) is 5.20. The van der Waals surface area contributed by atoms with Crippen LogP contribution in [0, 0.1) is 11.8 Å². The summed E-state index contributed by atoms with van der Waals surface area (Å²) in [6.45, 7) is 8.25. The zero-order valence-corrected chi connectivity index (χ0v) is 22.1. The summed E-state index contributed by atoms with van der Waals surface area (Å²) in [5, 5.41) is 8.77. The molecule has 9 nitrogen and oxygen atoms in total. The second-order valence-electron chi connectivity index (χ2n) is 8.18. The molecule has 1 rings (SSSR count). The minimum absolute atomic E-state index is 0.233. The van der Waals surface area contributed by atoms with Crippen molar-refractivity contribution in [3.05, 3.63) is 35.9 Å². The van der Waals surface area contributed by atoms with Gasteiger partial charge < -0.3 is 14.6 Å². The molecule has 0 aliphatic rings. The number of ether oxygens (including phenoxy) is 2. The predicted octanol–water partition coefficient (Wildman–Crippen LogP) is 4.82. The summed E-state index contributed by atoms with van der Waals surface area (Å²) in [5.74, 6) is -4.41. The maximum absolute atomic E-state index is 12.1. The van der Waals surface area contributed by atoms with Gasteiger partial charge in [0.15, 0.2) is 5.92 Å². The summed E-state index contributed by atoms with van der Waals surface area (Å²) in [6, 6.07) is 9.50. The van der Waals surface area contributed by atoms with Gasteiger partial charge in [0, 0.05) is 0 Å². The molecule has 0 saturated heterocycles. The Morgan fingerprint density at radius 3 is 1.75 bits per heavy atom. The van der Waals surface area contributed by atoms with Crippen LogP contribution in [0.2, 0.25) is 0 Å².